The number of fused-ring (bicyclic) bond motifs is 1. The Labute approximate surface area is 139 Å². The van der Waals surface area contributed by atoms with Gasteiger partial charge in [-0.05, 0) is 36.6 Å². The van der Waals surface area contributed by atoms with E-state index in [4.69, 9.17) is 0 Å². The predicted molar refractivity (Wildman–Crippen MR) is 94.1 cm³/mol. The lowest BCUT2D eigenvalue weighted by Gasteiger charge is -2.15. The van der Waals surface area contributed by atoms with E-state index < -0.39 is 0 Å². The summed E-state index contributed by atoms with van der Waals surface area (Å²) in [5, 5.41) is 12.2. The number of hydrogen-bond acceptors (Lipinski definition) is 4. The maximum atomic E-state index is 12.3. The first-order chi connectivity index (χ1) is 11.8. The monoisotopic (exact) mass is 321 g/mol. The first kappa shape index (κ1) is 14.7. The molecule has 0 atom stereocenters. The van der Waals surface area contributed by atoms with Gasteiger partial charge in [0.2, 0.25) is 5.91 Å². The molecule has 1 saturated heterocycles. The molecule has 6 heteroatoms. The van der Waals surface area contributed by atoms with Gasteiger partial charge in [0.1, 0.15) is 0 Å². The van der Waals surface area contributed by atoms with E-state index in [1.165, 1.54) is 12.8 Å². The molecule has 122 valence electrons. The molecule has 3 aromatic rings. The zero-order chi connectivity index (χ0) is 16.4. The summed E-state index contributed by atoms with van der Waals surface area (Å²) in [4.78, 5) is 17.7. The Balaban J connectivity index is 1.42. The number of carbonyl (C=O) groups is 1. The highest BCUT2D eigenvalue weighted by Gasteiger charge is 2.14. The van der Waals surface area contributed by atoms with Crippen molar-refractivity contribution in [3.8, 4) is 0 Å². The van der Waals surface area contributed by atoms with Crippen molar-refractivity contribution in [1.29, 1.82) is 0 Å². The highest BCUT2D eigenvalue weighted by molar-refractivity contribution is 5.95. The molecule has 1 fully saturated rings. The molecule has 3 heterocycles. The fourth-order valence-electron chi connectivity index (χ4n) is 3.14. The van der Waals surface area contributed by atoms with E-state index in [-0.39, 0.29) is 5.91 Å². The summed E-state index contributed by atoms with van der Waals surface area (Å²) in [6.45, 7) is 2.06. The fraction of sp³-hybridized carbons (Fsp3) is 0.278. The molecule has 1 aliphatic rings. The van der Waals surface area contributed by atoms with Gasteiger partial charge in [0.05, 0.1) is 6.42 Å². The van der Waals surface area contributed by atoms with Gasteiger partial charge in [0.25, 0.3) is 0 Å². The van der Waals surface area contributed by atoms with Crippen LogP contribution in [0.2, 0.25) is 0 Å². The smallest absolute Gasteiger partial charge is 0.230 e. The van der Waals surface area contributed by atoms with Gasteiger partial charge in [-0.1, -0.05) is 18.2 Å². The predicted octanol–water partition coefficient (Wildman–Crippen LogP) is 2.74. The number of amides is 1. The van der Waals surface area contributed by atoms with Gasteiger partial charge in [-0.3, -0.25) is 4.79 Å². The standard InChI is InChI=1S/C18H19N5O/c24-18(11-13-12-19-15-6-2-1-5-14(13)15)20-16-7-8-17(22-21-16)23-9-3-4-10-23/h1-2,5-8,12,19H,3-4,9-11H2,(H,20,21,24). The molecule has 1 aromatic carbocycles. The summed E-state index contributed by atoms with van der Waals surface area (Å²) in [6.07, 6.45) is 4.58. The van der Waals surface area contributed by atoms with Crippen LogP contribution in [-0.2, 0) is 11.2 Å². The Bertz CT molecular complexity index is 849. The number of aromatic amines is 1. The second kappa shape index (κ2) is 6.31. The zero-order valence-corrected chi connectivity index (χ0v) is 13.3. The highest BCUT2D eigenvalue weighted by atomic mass is 16.1. The van der Waals surface area contributed by atoms with Gasteiger partial charge < -0.3 is 15.2 Å². The van der Waals surface area contributed by atoms with Crippen LogP contribution < -0.4 is 10.2 Å². The van der Waals surface area contributed by atoms with Crippen LogP contribution in [0.15, 0.2) is 42.6 Å². The van der Waals surface area contributed by atoms with Crippen LogP contribution in [-0.4, -0.2) is 34.2 Å². The number of rotatable bonds is 4. The van der Waals surface area contributed by atoms with Gasteiger partial charge in [0, 0.05) is 30.2 Å². The van der Waals surface area contributed by atoms with Crippen molar-refractivity contribution in [2.24, 2.45) is 0 Å². The molecule has 0 bridgehead atoms. The van der Waals surface area contributed by atoms with E-state index in [2.05, 4.69) is 25.4 Å². The number of anilines is 2. The van der Waals surface area contributed by atoms with Crippen LogP contribution in [0.4, 0.5) is 11.6 Å². The summed E-state index contributed by atoms with van der Waals surface area (Å²) in [5.41, 5.74) is 2.01. The second-order valence-electron chi connectivity index (χ2n) is 6.06. The van der Waals surface area contributed by atoms with E-state index in [0.29, 0.717) is 12.2 Å². The van der Waals surface area contributed by atoms with Crippen molar-refractivity contribution < 1.29 is 4.79 Å². The Morgan fingerprint density at radius 3 is 2.75 bits per heavy atom. The van der Waals surface area contributed by atoms with Crippen LogP contribution >= 0.6 is 0 Å². The van der Waals surface area contributed by atoms with E-state index in [9.17, 15) is 4.79 Å². The Kier molecular flexibility index (Phi) is 3.86. The molecule has 0 spiro atoms. The van der Waals surface area contributed by atoms with Gasteiger partial charge in [0.15, 0.2) is 11.6 Å². The minimum Gasteiger partial charge on any atom is -0.361 e. The summed E-state index contributed by atoms with van der Waals surface area (Å²) in [7, 11) is 0. The Morgan fingerprint density at radius 2 is 1.96 bits per heavy atom. The van der Waals surface area contributed by atoms with Crippen molar-refractivity contribution in [1.82, 2.24) is 15.2 Å². The van der Waals surface area contributed by atoms with Crippen molar-refractivity contribution in [2.45, 2.75) is 19.3 Å². The lowest BCUT2D eigenvalue weighted by atomic mass is 10.1. The molecule has 2 N–H and O–H groups in total. The quantitative estimate of drug-likeness (QED) is 0.775. The van der Waals surface area contributed by atoms with Crippen molar-refractivity contribution in [3.05, 3.63) is 48.2 Å². The van der Waals surface area contributed by atoms with E-state index in [0.717, 1.165) is 35.4 Å². The molecule has 0 unspecified atom stereocenters. The number of carbonyl (C=O) groups excluding carboxylic acids is 1. The summed E-state index contributed by atoms with van der Waals surface area (Å²) in [6, 6.07) is 11.7. The number of aromatic nitrogens is 3. The van der Waals surface area contributed by atoms with Crippen LogP contribution in [0.25, 0.3) is 10.9 Å². The van der Waals surface area contributed by atoms with Crippen molar-refractivity contribution >= 4 is 28.4 Å². The summed E-state index contributed by atoms with van der Waals surface area (Å²) < 4.78 is 0. The average Bonchev–Trinajstić information content (AvgIpc) is 3.26. The average molecular weight is 321 g/mol. The normalized spacial score (nSPS) is 14.2. The van der Waals surface area contributed by atoms with E-state index >= 15 is 0 Å². The largest absolute Gasteiger partial charge is 0.361 e. The molecule has 0 saturated carbocycles. The number of nitrogens with zero attached hydrogens (tertiary/aromatic N) is 3. The maximum Gasteiger partial charge on any atom is 0.230 e. The minimum atomic E-state index is -0.0945. The third kappa shape index (κ3) is 2.95. The summed E-state index contributed by atoms with van der Waals surface area (Å²) >= 11 is 0. The molecule has 4 rings (SSSR count). The fourth-order valence-corrected chi connectivity index (χ4v) is 3.14. The Morgan fingerprint density at radius 1 is 1.12 bits per heavy atom. The molecule has 24 heavy (non-hydrogen) atoms. The molecule has 0 aliphatic carbocycles. The van der Waals surface area contributed by atoms with Gasteiger partial charge in [-0.2, -0.15) is 0 Å². The molecule has 1 amide bonds. The molecular weight excluding hydrogens is 302 g/mol. The lowest BCUT2D eigenvalue weighted by molar-refractivity contribution is -0.115. The summed E-state index contributed by atoms with van der Waals surface area (Å²) in [5.74, 6) is 1.27. The lowest BCUT2D eigenvalue weighted by Crippen LogP contribution is -2.20. The molecule has 1 aliphatic heterocycles. The van der Waals surface area contributed by atoms with Crippen LogP contribution in [0.5, 0.6) is 0 Å². The minimum absolute atomic E-state index is 0.0945. The van der Waals surface area contributed by atoms with Crippen LogP contribution in [0.3, 0.4) is 0 Å². The number of H-pyrrole nitrogens is 1. The highest BCUT2D eigenvalue weighted by Crippen LogP contribution is 2.19. The number of benzene rings is 1. The van der Waals surface area contributed by atoms with Gasteiger partial charge in [-0.25, -0.2) is 0 Å². The third-order valence-electron chi connectivity index (χ3n) is 4.37. The molecular formula is C18H19N5O. The van der Waals surface area contributed by atoms with E-state index in [1.54, 1.807) is 0 Å². The topological polar surface area (TPSA) is 73.9 Å². The van der Waals surface area contributed by atoms with Crippen LogP contribution in [0.1, 0.15) is 18.4 Å². The third-order valence-corrected chi connectivity index (χ3v) is 4.37. The molecule has 0 radical (unpaired) electrons. The van der Waals surface area contributed by atoms with Crippen LogP contribution in [0, 0.1) is 0 Å². The van der Waals surface area contributed by atoms with Crippen molar-refractivity contribution in [3.63, 3.8) is 0 Å². The van der Waals surface area contributed by atoms with Gasteiger partial charge in [-0.15, -0.1) is 10.2 Å². The first-order valence-electron chi connectivity index (χ1n) is 8.23. The molecule has 2 aromatic heterocycles. The van der Waals surface area contributed by atoms with Crippen molar-refractivity contribution in [2.75, 3.05) is 23.3 Å². The molecule has 6 nitrogen and oxygen atoms in total. The second-order valence-corrected chi connectivity index (χ2v) is 6.06. The van der Waals surface area contributed by atoms with E-state index in [1.807, 2.05) is 42.6 Å². The zero-order valence-electron chi connectivity index (χ0n) is 13.3. The maximum absolute atomic E-state index is 12.3. The number of hydrogen-bond donors (Lipinski definition) is 2. The number of nitrogens with one attached hydrogen (secondary N) is 2. The Hall–Kier alpha value is -2.89. The first-order valence-corrected chi connectivity index (χ1v) is 8.23. The van der Waals surface area contributed by atoms with Gasteiger partial charge >= 0.3 is 0 Å². The number of para-hydroxylation sites is 1. The SMILES string of the molecule is O=C(Cc1c[nH]c2ccccc12)Nc1ccc(N2CCCC2)nn1.